The minimum absolute atomic E-state index is 0. The number of aromatic nitrogens is 3. The molecular weight excluding hydrogens is 390 g/mol. The van der Waals surface area contributed by atoms with Gasteiger partial charge in [-0.3, -0.25) is 4.90 Å². The van der Waals surface area contributed by atoms with Gasteiger partial charge in [-0.2, -0.15) is 0 Å². The van der Waals surface area contributed by atoms with Crippen LogP contribution < -0.4 is 5.73 Å². The molecule has 1 fully saturated rings. The van der Waals surface area contributed by atoms with Crippen molar-refractivity contribution in [2.75, 3.05) is 26.7 Å². The first-order chi connectivity index (χ1) is 13.0. The molecule has 10 heteroatoms. The zero-order valence-electron chi connectivity index (χ0n) is 15.5. The van der Waals surface area contributed by atoms with Gasteiger partial charge in [0.05, 0.1) is 37.2 Å². The molecule has 0 radical (unpaired) electrons. The van der Waals surface area contributed by atoms with Gasteiger partial charge in [0, 0.05) is 38.9 Å². The maximum Gasteiger partial charge on any atom is 0.135 e. The van der Waals surface area contributed by atoms with Crippen LogP contribution in [0.25, 0.3) is 5.70 Å². The Labute approximate surface area is 168 Å². The lowest BCUT2D eigenvalue weighted by Crippen LogP contribution is -2.44. The van der Waals surface area contributed by atoms with Crippen LogP contribution in [0.15, 0.2) is 24.4 Å². The van der Waals surface area contributed by atoms with E-state index in [9.17, 15) is 8.78 Å². The van der Waals surface area contributed by atoms with E-state index < -0.39 is 11.6 Å². The molecule has 1 atom stereocenters. The van der Waals surface area contributed by atoms with Crippen molar-refractivity contribution in [2.45, 2.75) is 25.7 Å². The van der Waals surface area contributed by atoms with Gasteiger partial charge in [-0.1, -0.05) is 5.21 Å². The van der Waals surface area contributed by atoms with Crippen LogP contribution in [0.2, 0.25) is 0 Å². The third kappa shape index (κ3) is 4.43. The Balaban J connectivity index is 0.00000225. The average Bonchev–Trinajstić information content (AvgIpc) is 2.97. The topological polar surface area (TPSA) is 72.4 Å². The lowest BCUT2D eigenvalue weighted by Gasteiger charge is -2.33. The average molecular weight is 413 g/mol. The van der Waals surface area contributed by atoms with Gasteiger partial charge in [0.1, 0.15) is 17.3 Å². The fraction of sp³-hybridized carbons (Fsp3) is 0.444. The molecule has 2 aromatic rings. The van der Waals surface area contributed by atoms with Crippen molar-refractivity contribution < 1.29 is 13.5 Å². The van der Waals surface area contributed by atoms with Gasteiger partial charge in [-0.15, -0.1) is 17.5 Å². The number of morpholine rings is 1. The lowest BCUT2D eigenvalue weighted by molar-refractivity contribution is -0.0409. The summed E-state index contributed by atoms with van der Waals surface area (Å²) in [6, 6.07) is 3.62. The Morgan fingerprint density at radius 1 is 1.25 bits per heavy atom. The van der Waals surface area contributed by atoms with E-state index in [-0.39, 0.29) is 18.5 Å². The van der Waals surface area contributed by atoms with Gasteiger partial charge in [-0.25, -0.2) is 13.5 Å². The van der Waals surface area contributed by atoms with Crippen molar-refractivity contribution in [3.63, 3.8) is 0 Å². The van der Waals surface area contributed by atoms with E-state index >= 15 is 0 Å². The monoisotopic (exact) mass is 412 g/mol. The fourth-order valence-corrected chi connectivity index (χ4v) is 3.63. The number of ether oxygens (including phenoxy) is 1. The zero-order chi connectivity index (χ0) is 19.0. The summed E-state index contributed by atoms with van der Waals surface area (Å²) < 4.78 is 34.5. The first-order valence-electron chi connectivity index (χ1n) is 8.87. The minimum Gasteiger partial charge on any atom is -0.396 e. The van der Waals surface area contributed by atoms with Crippen molar-refractivity contribution in [1.29, 1.82) is 0 Å². The molecule has 152 valence electrons. The number of fused-ring (bicyclic) bond motifs is 1. The van der Waals surface area contributed by atoms with Crippen molar-refractivity contribution in [2.24, 2.45) is 5.73 Å². The summed E-state index contributed by atoms with van der Waals surface area (Å²) in [7, 11) is 1.95. The van der Waals surface area contributed by atoms with Gasteiger partial charge in [-0.05, 0) is 17.7 Å². The van der Waals surface area contributed by atoms with E-state index in [1.54, 1.807) is 0 Å². The molecule has 1 aromatic heterocycles. The molecule has 1 aromatic carbocycles. The number of halogens is 3. The first kappa shape index (κ1) is 20.5. The van der Waals surface area contributed by atoms with Gasteiger partial charge in [0.2, 0.25) is 0 Å². The van der Waals surface area contributed by atoms with Crippen LogP contribution in [-0.4, -0.2) is 57.6 Å². The summed E-state index contributed by atoms with van der Waals surface area (Å²) in [6.45, 7) is 3.62. The van der Waals surface area contributed by atoms with Gasteiger partial charge in [0.15, 0.2) is 0 Å². The number of hydrogen-bond acceptors (Lipinski definition) is 6. The second-order valence-corrected chi connectivity index (χ2v) is 7.07. The van der Waals surface area contributed by atoms with E-state index in [1.165, 1.54) is 12.1 Å². The summed E-state index contributed by atoms with van der Waals surface area (Å²) in [5.41, 5.74) is 8.92. The maximum atomic E-state index is 13.4. The van der Waals surface area contributed by atoms with Gasteiger partial charge < -0.3 is 15.4 Å². The Bertz CT molecular complexity index is 854. The van der Waals surface area contributed by atoms with Crippen LogP contribution in [0.1, 0.15) is 17.0 Å². The van der Waals surface area contributed by atoms with Gasteiger partial charge in [0.25, 0.3) is 0 Å². The van der Waals surface area contributed by atoms with Crippen LogP contribution in [0, 0.1) is 11.6 Å². The molecule has 28 heavy (non-hydrogen) atoms. The Morgan fingerprint density at radius 2 is 2.00 bits per heavy atom. The molecule has 0 saturated carbocycles. The molecule has 2 aliphatic heterocycles. The summed E-state index contributed by atoms with van der Waals surface area (Å²) in [5, 5.41) is 8.41. The molecule has 0 aliphatic carbocycles. The molecule has 0 unspecified atom stereocenters. The second-order valence-electron chi connectivity index (χ2n) is 7.07. The highest BCUT2D eigenvalue weighted by atomic mass is 35.5. The lowest BCUT2D eigenvalue weighted by atomic mass is 10.1. The van der Waals surface area contributed by atoms with Crippen molar-refractivity contribution >= 4 is 18.1 Å². The zero-order valence-corrected chi connectivity index (χ0v) is 16.3. The van der Waals surface area contributed by atoms with Crippen LogP contribution in [0.5, 0.6) is 0 Å². The molecule has 4 rings (SSSR count). The van der Waals surface area contributed by atoms with Crippen molar-refractivity contribution in [3.05, 3.63) is 53.0 Å². The van der Waals surface area contributed by atoms with E-state index in [0.717, 1.165) is 17.5 Å². The Hall–Kier alpha value is -2.23. The number of nitrogens with zero attached hydrogens (tertiary/aromatic N) is 5. The summed E-state index contributed by atoms with van der Waals surface area (Å²) in [5.74, 6) is -1.11. The molecule has 1 saturated heterocycles. The quantitative estimate of drug-likeness (QED) is 0.822. The smallest absolute Gasteiger partial charge is 0.135 e. The third-order valence-corrected chi connectivity index (χ3v) is 4.80. The molecule has 0 bridgehead atoms. The number of rotatable bonds is 4. The summed E-state index contributed by atoms with van der Waals surface area (Å²) in [6.07, 6.45) is 1.76. The van der Waals surface area contributed by atoms with Crippen LogP contribution in [-0.2, 0) is 24.4 Å². The highest BCUT2D eigenvalue weighted by Gasteiger charge is 2.26. The molecule has 3 heterocycles. The maximum absolute atomic E-state index is 13.4. The van der Waals surface area contributed by atoms with Crippen LogP contribution >= 0.6 is 12.4 Å². The molecule has 0 spiro atoms. The largest absolute Gasteiger partial charge is 0.396 e. The van der Waals surface area contributed by atoms with E-state index in [1.807, 2.05) is 22.8 Å². The molecule has 2 aliphatic rings. The number of hydrogen-bond donors (Lipinski definition) is 1. The van der Waals surface area contributed by atoms with E-state index in [2.05, 4.69) is 15.2 Å². The number of benzene rings is 1. The highest BCUT2D eigenvalue weighted by molar-refractivity contribution is 5.85. The fourth-order valence-electron chi connectivity index (χ4n) is 3.63. The third-order valence-electron chi connectivity index (χ3n) is 4.80. The summed E-state index contributed by atoms with van der Waals surface area (Å²) >= 11 is 0. The normalized spacial score (nSPS) is 19.8. The van der Waals surface area contributed by atoms with Crippen molar-refractivity contribution in [1.82, 2.24) is 24.8 Å². The minimum atomic E-state index is -0.557. The summed E-state index contributed by atoms with van der Waals surface area (Å²) in [4.78, 5) is 4.12. The van der Waals surface area contributed by atoms with E-state index in [0.29, 0.717) is 50.6 Å². The van der Waals surface area contributed by atoms with Crippen molar-refractivity contribution in [3.8, 4) is 0 Å². The Morgan fingerprint density at radius 3 is 2.75 bits per heavy atom. The van der Waals surface area contributed by atoms with E-state index in [4.69, 9.17) is 10.5 Å². The Kier molecular flexibility index (Phi) is 6.17. The molecule has 7 nitrogen and oxygen atoms in total. The first-order valence-corrected chi connectivity index (χ1v) is 8.87. The predicted octanol–water partition coefficient (Wildman–Crippen LogP) is 1.58. The molecule has 0 amide bonds. The van der Waals surface area contributed by atoms with Crippen LogP contribution in [0.4, 0.5) is 8.78 Å². The number of nitrogens with two attached hydrogens (primary N) is 1. The molecule has 2 N–H and O–H groups in total. The van der Waals surface area contributed by atoms with Gasteiger partial charge >= 0.3 is 0 Å². The second kappa shape index (κ2) is 8.42. The molecular formula is C18H23ClF2N6O. The predicted molar refractivity (Wildman–Crippen MR) is 102 cm³/mol. The highest BCUT2D eigenvalue weighted by Crippen LogP contribution is 2.21. The van der Waals surface area contributed by atoms with Crippen LogP contribution in [0.3, 0.4) is 0 Å². The standard InChI is InChI=1S/C18H22F2N6O.ClH/c1-24-10-16(21)18-17(11-24)26(23-22-18)9-15-8-25(2-3-27-15)7-12-4-13(19)6-14(20)5-12;/h4-6,10,15H,2-3,7-9,11,21H2,1H3;1H/t15-;/m1./s1. The SMILES string of the molecule is CN1C=C(N)c2nnn(C[C@H]3CN(Cc4cc(F)cc(F)c4)CCO3)c2C1.Cl.